The summed E-state index contributed by atoms with van der Waals surface area (Å²) >= 11 is 0. The topological polar surface area (TPSA) is 32.3 Å². The molecule has 74 valence electrons. The van der Waals surface area contributed by atoms with Crippen LogP contribution in [0.25, 0.3) is 0 Å². The van der Waals surface area contributed by atoms with Gasteiger partial charge in [-0.25, -0.2) is 4.39 Å². The van der Waals surface area contributed by atoms with Crippen molar-refractivity contribution >= 4 is 5.91 Å². The summed E-state index contributed by atoms with van der Waals surface area (Å²) in [7, 11) is 0. The summed E-state index contributed by atoms with van der Waals surface area (Å²) in [4.78, 5) is 13.3. The zero-order chi connectivity index (χ0) is 9.31. The van der Waals surface area contributed by atoms with Crippen LogP contribution >= 0.6 is 0 Å². The van der Waals surface area contributed by atoms with E-state index in [2.05, 4.69) is 5.32 Å². The van der Waals surface area contributed by atoms with E-state index in [0.717, 1.165) is 25.9 Å². The highest BCUT2D eigenvalue weighted by atomic mass is 19.1. The number of nitrogens with zero attached hydrogens (tertiary/aromatic N) is 1. The van der Waals surface area contributed by atoms with Crippen LogP contribution in [0, 0.1) is 0 Å². The Labute approximate surface area is 77.3 Å². The number of likely N-dealkylation sites (tertiary alicyclic amines) is 1. The highest BCUT2D eigenvalue weighted by molar-refractivity contribution is 5.77. The highest BCUT2D eigenvalue weighted by Gasteiger charge is 2.40. The van der Waals surface area contributed by atoms with Gasteiger partial charge in [-0.3, -0.25) is 4.79 Å². The van der Waals surface area contributed by atoms with E-state index >= 15 is 0 Å². The van der Waals surface area contributed by atoms with Gasteiger partial charge in [0.05, 0.1) is 6.42 Å². The number of rotatable bonds is 2. The first kappa shape index (κ1) is 8.94. The molecule has 1 amide bonds. The minimum Gasteiger partial charge on any atom is -0.343 e. The molecular weight excluding hydrogens is 171 g/mol. The van der Waals surface area contributed by atoms with E-state index < -0.39 is 5.67 Å². The molecule has 0 aromatic heterocycles. The van der Waals surface area contributed by atoms with Gasteiger partial charge in [-0.15, -0.1) is 0 Å². The van der Waals surface area contributed by atoms with Crippen molar-refractivity contribution in [2.75, 3.05) is 26.2 Å². The van der Waals surface area contributed by atoms with Crippen LogP contribution in [0.1, 0.15) is 19.3 Å². The third-order valence-electron chi connectivity index (χ3n) is 2.81. The van der Waals surface area contributed by atoms with Crippen molar-refractivity contribution in [2.24, 2.45) is 0 Å². The van der Waals surface area contributed by atoms with Crippen LogP contribution in [0.15, 0.2) is 0 Å². The molecule has 4 heteroatoms. The maximum absolute atomic E-state index is 13.5. The molecule has 2 fully saturated rings. The van der Waals surface area contributed by atoms with E-state index in [-0.39, 0.29) is 12.3 Å². The molecule has 0 unspecified atom stereocenters. The molecule has 0 aromatic carbocycles. The zero-order valence-electron chi connectivity index (χ0n) is 7.68. The minimum absolute atomic E-state index is 0.0125. The first-order valence-electron chi connectivity index (χ1n) is 4.87. The molecule has 0 spiro atoms. The van der Waals surface area contributed by atoms with E-state index in [9.17, 15) is 9.18 Å². The predicted molar refractivity (Wildman–Crippen MR) is 47.1 cm³/mol. The average molecular weight is 186 g/mol. The Morgan fingerprint density at radius 3 is 2.46 bits per heavy atom. The van der Waals surface area contributed by atoms with Crippen LogP contribution in [0.2, 0.25) is 0 Å². The summed E-state index contributed by atoms with van der Waals surface area (Å²) in [5.74, 6) is -0.0125. The highest BCUT2D eigenvalue weighted by Crippen LogP contribution is 2.23. The SMILES string of the molecule is O=C(CC1(F)CNC1)N1CCCC1. The number of amides is 1. The molecule has 0 atom stereocenters. The normalized spacial score (nSPS) is 25.8. The Bertz CT molecular complexity index is 210. The molecule has 1 N–H and O–H groups in total. The number of alkyl halides is 1. The fraction of sp³-hybridized carbons (Fsp3) is 0.889. The van der Waals surface area contributed by atoms with Gasteiger partial charge in [0.15, 0.2) is 0 Å². The molecular formula is C9H15FN2O. The molecule has 2 aliphatic heterocycles. The van der Waals surface area contributed by atoms with Gasteiger partial charge in [0.2, 0.25) is 5.91 Å². The van der Waals surface area contributed by atoms with Crippen LogP contribution < -0.4 is 5.32 Å². The van der Waals surface area contributed by atoms with E-state index in [4.69, 9.17) is 0 Å². The van der Waals surface area contributed by atoms with Crippen LogP contribution in [0.5, 0.6) is 0 Å². The van der Waals surface area contributed by atoms with Crippen molar-refractivity contribution in [3.05, 3.63) is 0 Å². The minimum atomic E-state index is -1.25. The number of hydrogen-bond donors (Lipinski definition) is 1. The molecule has 2 heterocycles. The van der Waals surface area contributed by atoms with Gasteiger partial charge < -0.3 is 10.2 Å². The summed E-state index contributed by atoms with van der Waals surface area (Å²) in [5.41, 5.74) is -1.25. The Kier molecular flexibility index (Phi) is 2.24. The van der Waals surface area contributed by atoms with Crippen LogP contribution in [-0.2, 0) is 4.79 Å². The second-order valence-corrected chi connectivity index (χ2v) is 4.02. The number of nitrogens with one attached hydrogen (secondary N) is 1. The first-order chi connectivity index (χ1) is 6.20. The fourth-order valence-electron chi connectivity index (χ4n) is 1.87. The summed E-state index contributed by atoms with van der Waals surface area (Å²) in [5, 5.41) is 2.85. The average Bonchev–Trinajstić information content (AvgIpc) is 2.53. The molecule has 13 heavy (non-hydrogen) atoms. The summed E-state index contributed by atoms with van der Waals surface area (Å²) in [6.07, 6.45) is 2.21. The monoisotopic (exact) mass is 186 g/mol. The third kappa shape index (κ3) is 1.82. The van der Waals surface area contributed by atoms with E-state index in [1.807, 2.05) is 0 Å². The van der Waals surface area contributed by atoms with Crippen molar-refractivity contribution in [2.45, 2.75) is 24.9 Å². The lowest BCUT2D eigenvalue weighted by molar-refractivity contribution is -0.134. The molecule has 2 saturated heterocycles. The number of hydrogen-bond acceptors (Lipinski definition) is 2. The smallest absolute Gasteiger partial charge is 0.225 e. The fourth-order valence-corrected chi connectivity index (χ4v) is 1.87. The molecule has 0 aliphatic carbocycles. The van der Waals surface area contributed by atoms with Crippen molar-refractivity contribution in [1.29, 1.82) is 0 Å². The lowest BCUT2D eigenvalue weighted by atomic mass is 9.95. The quantitative estimate of drug-likeness (QED) is 0.673. The van der Waals surface area contributed by atoms with Crippen molar-refractivity contribution in [3.8, 4) is 0 Å². The summed E-state index contributed by atoms with van der Waals surface area (Å²) < 4.78 is 13.5. The van der Waals surface area contributed by atoms with Crippen molar-refractivity contribution in [1.82, 2.24) is 10.2 Å². The lowest BCUT2D eigenvalue weighted by Crippen LogP contribution is -2.58. The van der Waals surface area contributed by atoms with Gasteiger partial charge in [0.25, 0.3) is 0 Å². The van der Waals surface area contributed by atoms with Crippen LogP contribution in [-0.4, -0.2) is 42.7 Å². The van der Waals surface area contributed by atoms with E-state index in [0.29, 0.717) is 13.1 Å². The van der Waals surface area contributed by atoms with Crippen molar-refractivity contribution < 1.29 is 9.18 Å². The Balaban J connectivity index is 1.83. The van der Waals surface area contributed by atoms with Crippen LogP contribution in [0.4, 0.5) is 4.39 Å². The second kappa shape index (κ2) is 3.25. The third-order valence-corrected chi connectivity index (χ3v) is 2.81. The number of carbonyl (C=O) groups is 1. The van der Waals surface area contributed by atoms with Crippen LogP contribution in [0.3, 0.4) is 0 Å². The summed E-state index contributed by atoms with van der Waals surface area (Å²) in [6, 6.07) is 0. The maximum Gasteiger partial charge on any atom is 0.225 e. The predicted octanol–water partition coefficient (Wildman–Crippen LogP) is 0.310. The van der Waals surface area contributed by atoms with E-state index in [1.54, 1.807) is 4.90 Å². The molecule has 2 aliphatic rings. The van der Waals surface area contributed by atoms with Gasteiger partial charge in [0, 0.05) is 26.2 Å². The Morgan fingerprint density at radius 1 is 1.38 bits per heavy atom. The van der Waals surface area contributed by atoms with Gasteiger partial charge >= 0.3 is 0 Å². The van der Waals surface area contributed by atoms with E-state index in [1.165, 1.54) is 0 Å². The summed E-state index contributed by atoms with van der Waals surface area (Å²) in [6.45, 7) is 2.32. The van der Waals surface area contributed by atoms with Crippen molar-refractivity contribution in [3.63, 3.8) is 0 Å². The van der Waals surface area contributed by atoms with Gasteiger partial charge in [-0.2, -0.15) is 0 Å². The lowest BCUT2D eigenvalue weighted by Gasteiger charge is -2.35. The molecule has 0 radical (unpaired) electrons. The van der Waals surface area contributed by atoms with Gasteiger partial charge in [0.1, 0.15) is 5.67 Å². The molecule has 0 aromatic rings. The standard InChI is InChI=1S/C9H15FN2O/c10-9(6-11-7-9)5-8(13)12-3-1-2-4-12/h11H,1-7H2. The maximum atomic E-state index is 13.5. The zero-order valence-corrected chi connectivity index (χ0v) is 7.68. The Morgan fingerprint density at radius 2 is 2.00 bits per heavy atom. The molecule has 0 saturated carbocycles. The Hall–Kier alpha value is -0.640. The molecule has 0 bridgehead atoms. The van der Waals surface area contributed by atoms with Gasteiger partial charge in [-0.1, -0.05) is 0 Å². The van der Waals surface area contributed by atoms with Gasteiger partial charge in [-0.05, 0) is 12.8 Å². The number of carbonyl (C=O) groups excluding carboxylic acids is 1. The molecule has 2 rings (SSSR count). The second-order valence-electron chi connectivity index (χ2n) is 4.02. The largest absolute Gasteiger partial charge is 0.343 e. The number of halogens is 1. The molecule has 3 nitrogen and oxygen atoms in total. The first-order valence-corrected chi connectivity index (χ1v) is 4.87.